The molecule has 2 unspecified atom stereocenters. The predicted octanol–water partition coefficient (Wildman–Crippen LogP) is 2.31. The van der Waals surface area contributed by atoms with Crippen molar-refractivity contribution < 1.29 is 9.90 Å². The average Bonchev–Trinajstić information content (AvgIpc) is 2.85. The number of carbonyl (C=O) groups is 1. The molecule has 2 heterocycles. The summed E-state index contributed by atoms with van der Waals surface area (Å²) in [4.78, 5) is 19.5. The van der Waals surface area contributed by atoms with Gasteiger partial charge in [-0.1, -0.05) is 0 Å². The van der Waals surface area contributed by atoms with E-state index in [0.717, 1.165) is 22.7 Å². The largest absolute Gasteiger partial charge is 0.393 e. The number of likely N-dealkylation sites (tertiary alicyclic amines) is 1. The van der Waals surface area contributed by atoms with Crippen LogP contribution in [0.4, 0.5) is 4.79 Å². The van der Waals surface area contributed by atoms with Gasteiger partial charge in [0.25, 0.3) is 0 Å². The minimum Gasteiger partial charge on any atom is -0.393 e. The monoisotopic (exact) mass is 297 g/mol. The molecule has 1 aliphatic heterocycles. The van der Waals surface area contributed by atoms with Crippen LogP contribution in [0.5, 0.6) is 0 Å². The van der Waals surface area contributed by atoms with Gasteiger partial charge < -0.3 is 15.3 Å². The van der Waals surface area contributed by atoms with E-state index < -0.39 is 0 Å². The molecular weight excluding hydrogens is 274 g/mol. The van der Waals surface area contributed by atoms with Gasteiger partial charge in [-0.15, -0.1) is 11.3 Å². The zero-order valence-corrected chi connectivity index (χ0v) is 13.1. The van der Waals surface area contributed by atoms with E-state index in [2.05, 4.69) is 10.3 Å². The van der Waals surface area contributed by atoms with Gasteiger partial charge in [0.15, 0.2) is 0 Å². The summed E-state index contributed by atoms with van der Waals surface area (Å²) in [5.41, 5.74) is 0. The number of carbonyl (C=O) groups excluding carboxylic acids is 1. The number of thiazole rings is 1. The van der Waals surface area contributed by atoms with Gasteiger partial charge in [0.1, 0.15) is 5.01 Å². The van der Waals surface area contributed by atoms with Crippen molar-refractivity contribution in [3.63, 3.8) is 0 Å². The summed E-state index contributed by atoms with van der Waals surface area (Å²) < 4.78 is 0. The molecule has 0 radical (unpaired) electrons. The van der Waals surface area contributed by atoms with Crippen molar-refractivity contribution in [2.75, 3.05) is 13.1 Å². The maximum atomic E-state index is 12.2. The van der Waals surface area contributed by atoms with Crippen LogP contribution in [0.1, 0.15) is 42.6 Å². The number of aryl methyl sites for hydroxylation is 1. The molecule has 2 atom stereocenters. The van der Waals surface area contributed by atoms with Crippen LogP contribution in [-0.2, 0) is 0 Å². The highest BCUT2D eigenvalue weighted by molar-refractivity contribution is 7.11. The van der Waals surface area contributed by atoms with Crippen LogP contribution >= 0.6 is 11.3 Å². The van der Waals surface area contributed by atoms with Crippen molar-refractivity contribution in [2.24, 2.45) is 5.92 Å². The molecule has 2 rings (SSSR count). The number of rotatable bonds is 3. The van der Waals surface area contributed by atoms with Gasteiger partial charge in [0.2, 0.25) is 0 Å². The Bertz CT molecular complexity index is 453. The van der Waals surface area contributed by atoms with Crippen molar-refractivity contribution in [2.45, 2.75) is 45.8 Å². The number of piperidine rings is 1. The summed E-state index contributed by atoms with van der Waals surface area (Å²) in [5.74, 6) is 0.318. The van der Waals surface area contributed by atoms with Crippen molar-refractivity contribution in [1.82, 2.24) is 15.2 Å². The van der Waals surface area contributed by atoms with Crippen LogP contribution in [0.2, 0.25) is 0 Å². The Morgan fingerprint density at radius 2 is 2.15 bits per heavy atom. The molecule has 112 valence electrons. The first-order valence-corrected chi connectivity index (χ1v) is 7.95. The molecule has 0 saturated carbocycles. The fourth-order valence-corrected chi connectivity index (χ4v) is 3.27. The molecule has 1 fully saturated rings. The Morgan fingerprint density at radius 3 is 2.65 bits per heavy atom. The maximum Gasteiger partial charge on any atom is 0.317 e. The van der Waals surface area contributed by atoms with Gasteiger partial charge in [0.05, 0.1) is 12.1 Å². The van der Waals surface area contributed by atoms with E-state index in [-0.39, 0.29) is 18.2 Å². The minimum atomic E-state index is -0.280. The molecule has 0 aliphatic carbocycles. The predicted molar refractivity (Wildman–Crippen MR) is 79.8 cm³/mol. The molecule has 1 aromatic heterocycles. The number of nitrogens with one attached hydrogen (secondary N) is 1. The number of aromatic nitrogens is 1. The van der Waals surface area contributed by atoms with Gasteiger partial charge in [-0.2, -0.15) is 0 Å². The zero-order valence-electron chi connectivity index (χ0n) is 12.3. The van der Waals surface area contributed by atoms with Gasteiger partial charge in [-0.05, 0) is 39.5 Å². The molecular formula is C14H23N3O2S. The molecule has 0 aromatic carbocycles. The molecule has 2 N–H and O–H groups in total. The second-order valence-corrected chi connectivity index (χ2v) is 6.81. The third-order valence-electron chi connectivity index (χ3n) is 3.86. The molecule has 6 heteroatoms. The van der Waals surface area contributed by atoms with Crippen molar-refractivity contribution in [3.8, 4) is 0 Å². The number of hydrogen-bond donors (Lipinski definition) is 2. The van der Waals surface area contributed by atoms with E-state index in [0.29, 0.717) is 19.0 Å². The summed E-state index contributed by atoms with van der Waals surface area (Å²) in [6, 6.07) is -0.0925. The van der Waals surface area contributed by atoms with Crippen LogP contribution < -0.4 is 5.32 Å². The normalized spacial score (nSPS) is 19.7. The lowest BCUT2D eigenvalue weighted by atomic mass is 9.92. The first kappa shape index (κ1) is 15.3. The smallest absolute Gasteiger partial charge is 0.317 e. The number of urea groups is 1. The maximum absolute atomic E-state index is 12.2. The lowest BCUT2D eigenvalue weighted by Gasteiger charge is -2.33. The van der Waals surface area contributed by atoms with Crippen LogP contribution in [0.25, 0.3) is 0 Å². The van der Waals surface area contributed by atoms with E-state index in [9.17, 15) is 9.90 Å². The molecule has 20 heavy (non-hydrogen) atoms. The summed E-state index contributed by atoms with van der Waals surface area (Å²) >= 11 is 1.61. The number of amides is 2. The molecule has 5 nitrogen and oxygen atoms in total. The van der Waals surface area contributed by atoms with Crippen molar-refractivity contribution in [1.29, 1.82) is 0 Å². The van der Waals surface area contributed by atoms with Crippen molar-refractivity contribution in [3.05, 3.63) is 16.1 Å². The third kappa shape index (κ3) is 3.70. The van der Waals surface area contributed by atoms with Crippen LogP contribution in [0, 0.1) is 12.8 Å². The Morgan fingerprint density at radius 1 is 1.50 bits per heavy atom. The van der Waals surface area contributed by atoms with Crippen LogP contribution in [0.15, 0.2) is 6.20 Å². The SMILES string of the molecule is Cc1cnc(C(C)NC(=O)N2CCC(C(C)O)CC2)s1. The summed E-state index contributed by atoms with van der Waals surface area (Å²) in [6.45, 7) is 7.22. The standard InChI is InChI=1S/C14H23N3O2S/c1-9-8-15-13(20-9)10(2)16-14(19)17-6-4-12(5-7-17)11(3)18/h8,10-12,18H,4-7H2,1-3H3,(H,16,19). The second kappa shape index (κ2) is 6.54. The molecule has 0 bridgehead atoms. The Kier molecular flexibility index (Phi) is 4.99. The van der Waals surface area contributed by atoms with Gasteiger partial charge in [-0.25, -0.2) is 9.78 Å². The quantitative estimate of drug-likeness (QED) is 0.900. The minimum absolute atomic E-state index is 0.0330. The molecule has 1 saturated heterocycles. The Hall–Kier alpha value is -1.14. The van der Waals surface area contributed by atoms with E-state index in [4.69, 9.17) is 0 Å². The number of aliphatic hydroxyl groups excluding tert-OH is 1. The summed E-state index contributed by atoms with van der Waals surface area (Å²) in [5, 5.41) is 13.5. The van der Waals surface area contributed by atoms with Gasteiger partial charge in [0, 0.05) is 24.2 Å². The van der Waals surface area contributed by atoms with Crippen LogP contribution in [0.3, 0.4) is 0 Å². The van der Waals surface area contributed by atoms with Crippen LogP contribution in [-0.4, -0.2) is 40.2 Å². The Labute approximate surface area is 124 Å². The summed E-state index contributed by atoms with van der Waals surface area (Å²) in [6.07, 6.45) is 3.29. The Balaban J connectivity index is 1.84. The lowest BCUT2D eigenvalue weighted by molar-refractivity contribution is 0.0794. The van der Waals surface area contributed by atoms with E-state index in [1.165, 1.54) is 0 Å². The highest BCUT2D eigenvalue weighted by Crippen LogP contribution is 2.22. The van der Waals surface area contributed by atoms with E-state index >= 15 is 0 Å². The molecule has 2 amide bonds. The summed E-state index contributed by atoms with van der Waals surface area (Å²) in [7, 11) is 0. The first-order valence-electron chi connectivity index (χ1n) is 7.13. The highest BCUT2D eigenvalue weighted by Gasteiger charge is 2.26. The van der Waals surface area contributed by atoms with E-state index in [1.807, 2.05) is 31.9 Å². The average molecular weight is 297 g/mol. The fraction of sp³-hybridized carbons (Fsp3) is 0.714. The third-order valence-corrected chi connectivity index (χ3v) is 4.95. The second-order valence-electron chi connectivity index (χ2n) is 5.55. The number of aliphatic hydroxyl groups is 1. The zero-order chi connectivity index (χ0) is 14.7. The number of nitrogens with zero attached hydrogens (tertiary/aromatic N) is 2. The van der Waals surface area contributed by atoms with Crippen molar-refractivity contribution >= 4 is 17.4 Å². The van der Waals surface area contributed by atoms with Gasteiger partial charge >= 0.3 is 6.03 Å². The topological polar surface area (TPSA) is 65.5 Å². The lowest BCUT2D eigenvalue weighted by Crippen LogP contribution is -2.46. The highest BCUT2D eigenvalue weighted by atomic mass is 32.1. The molecule has 1 aromatic rings. The van der Waals surface area contributed by atoms with Gasteiger partial charge in [-0.3, -0.25) is 0 Å². The fourth-order valence-electron chi connectivity index (χ4n) is 2.50. The number of hydrogen-bond acceptors (Lipinski definition) is 4. The van der Waals surface area contributed by atoms with E-state index in [1.54, 1.807) is 11.3 Å². The first-order chi connectivity index (χ1) is 9.47. The molecule has 1 aliphatic rings. The molecule has 0 spiro atoms.